The topological polar surface area (TPSA) is 32.8 Å². The Bertz CT molecular complexity index is 467. The smallest absolute Gasteiger partial charge is 0.229 e. The number of hydrogen-bond donors (Lipinski definition) is 0. The highest BCUT2D eigenvalue weighted by Gasteiger charge is 2.30. The van der Waals surface area contributed by atoms with Crippen molar-refractivity contribution in [3.8, 4) is 5.75 Å². The lowest BCUT2D eigenvalue weighted by Gasteiger charge is -2.35. The number of carbonyl (C=O) groups excluding carboxylic acids is 1. The Morgan fingerprint density at radius 1 is 1.21 bits per heavy atom. The van der Waals surface area contributed by atoms with Gasteiger partial charge in [0.1, 0.15) is 12.4 Å². The molecular formula is C15H20N2O2. The molecule has 0 radical (unpaired) electrons. The van der Waals surface area contributed by atoms with E-state index in [9.17, 15) is 4.79 Å². The van der Waals surface area contributed by atoms with Gasteiger partial charge in [0.2, 0.25) is 5.91 Å². The third-order valence-electron chi connectivity index (χ3n) is 4.04. The molecule has 1 amide bonds. The van der Waals surface area contributed by atoms with Crippen LogP contribution in [-0.4, -0.2) is 55.5 Å². The number of piperazine rings is 1. The number of carbonyl (C=O) groups is 1. The van der Waals surface area contributed by atoms with Crippen LogP contribution in [0.25, 0.3) is 0 Å². The highest BCUT2D eigenvalue weighted by molar-refractivity contribution is 5.80. The second kappa shape index (κ2) is 5.21. The number of rotatable bonds is 1. The summed E-state index contributed by atoms with van der Waals surface area (Å²) in [7, 11) is 2.10. The van der Waals surface area contributed by atoms with Crippen LogP contribution in [0.2, 0.25) is 0 Å². The fraction of sp³-hybridized carbons (Fsp3) is 0.533. The molecular weight excluding hydrogens is 240 g/mol. The minimum atomic E-state index is -0.0155. The molecule has 2 aliphatic heterocycles. The van der Waals surface area contributed by atoms with Crippen LogP contribution in [0.1, 0.15) is 5.56 Å². The van der Waals surface area contributed by atoms with Crippen molar-refractivity contribution in [3.05, 3.63) is 29.8 Å². The van der Waals surface area contributed by atoms with Crippen LogP contribution >= 0.6 is 0 Å². The van der Waals surface area contributed by atoms with Gasteiger partial charge in [0, 0.05) is 26.2 Å². The van der Waals surface area contributed by atoms with E-state index in [1.807, 2.05) is 23.1 Å². The van der Waals surface area contributed by atoms with Crippen LogP contribution in [-0.2, 0) is 11.2 Å². The summed E-state index contributed by atoms with van der Waals surface area (Å²) < 4.78 is 5.71. The average Bonchev–Trinajstić information content (AvgIpc) is 2.47. The van der Waals surface area contributed by atoms with Gasteiger partial charge in [0.05, 0.1) is 5.92 Å². The van der Waals surface area contributed by atoms with Crippen molar-refractivity contribution in [1.29, 1.82) is 0 Å². The number of ether oxygens (including phenoxy) is 1. The molecule has 3 rings (SSSR count). The van der Waals surface area contributed by atoms with Crippen molar-refractivity contribution in [1.82, 2.24) is 9.80 Å². The summed E-state index contributed by atoms with van der Waals surface area (Å²) in [6.07, 6.45) is 0.807. The fourth-order valence-electron chi connectivity index (χ4n) is 2.77. The predicted octanol–water partition coefficient (Wildman–Crippen LogP) is 1.01. The number of fused-ring (bicyclic) bond motifs is 1. The number of amides is 1. The molecule has 0 saturated carbocycles. The zero-order valence-corrected chi connectivity index (χ0v) is 11.3. The first-order valence-electron chi connectivity index (χ1n) is 6.92. The van der Waals surface area contributed by atoms with Crippen molar-refractivity contribution >= 4 is 5.91 Å². The van der Waals surface area contributed by atoms with Crippen LogP contribution < -0.4 is 4.74 Å². The number of nitrogens with zero attached hydrogens (tertiary/aromatic N) is 2. The Morgan fingerprint density at radius 2 is 1.95 bits per heavy atom. The molecule has 0 aliphatic carbocycles. The Labute approximate surface area is 113 Å². The molecule has 0 spiro atoms. The van der Waals surface area contributed by atoms with Gasteiger partial charge in [-0.25, -0.2) is 0 Å². The summed E-state index contributed by atoms with van der Waals surface area (Å²) in [5.74, 6) is 1.17. The highest BCUT2D eigenvalue weighted by Crippen LogP contribution is 2.27. The van der Waals surface area contributed by atoms with Crippen LogP contribution in [0, 0.1) is 5.92 Å². The monoisotopic (exact) mass is 260 g/mol. The second-order valence-corrected chi connectivity index (χ2v) is 5.45. The van der Waals surface area contributed by atoms with Crippen LogP contribution in [0.15, 0.2) is 24.3 Å². The van der Waals surface area contributed by atoms with E-state index in [0.29, 0.717) is 6.61 Å². The van der Waals surface area contributed by atoms with E-state index in [1.54, 1.807) is 0 Å². The van der Waals surface area contributed by atoms with E-state index in [-0.39, 0.29) is 11.8 Å². The standard InChI is InChI=1S/C15H20N2O2/c1-16-6-8-17(9-7-16)15(18)13-10-12-4-2-3-5-14(12)19-11-13/h2-5,13H,6-11H2,1H3/t13-/m0/s1. The lowest BCUT2D eigenvalue weighted by Crippen LogP contribution is -2.50. The molecule has 2 aliphatic rings. The fourth-order valence-corrected chi connectivity index (χ4v) is 2.77. The van der Waals surface area contributed by atoms with Gasteiger partial charge in [0.25, 0.3) is 0 Å². The van der Waals surface area contributed by atoms with Crippen molar-refractivity contribution in [2.75, 3.05) is 39.8 Å². The van der Waals surface area contributed by atoms with Crippen LogP contribution in [0.3, 0.4) is 0 Å². The van der Waals surface area contributed by atoms with Gasteiger partial charge >= 0.3 is 0 Å². The third-order valence-corrected chi connectivity index (χ3v) is 4.04. The van der Waals surface area contributed by atoms with E-state index >= 15 is 0 Å². The molecule has 0 N–H and O–H groups in total. The summed E-state index contributed by atoms with van der Waals surface area (Å²) in [6, 6.07) is 8.01. The zero-order chi connectivity index (χ0) is 13.2. The first-order valence-corrected chi connectivity index (χ1v) is 6.92. The van der Waals surface area contributed by atoms with E-state index in [0.717, 1.165) is 43.9 Å². The Hall–Kier alpha value is -1.55. The predicted molar refractivity (Wildman–Crippen MR) is 73.2 cm³/mol. The molecule has 0 bridgehead atoms. The molecule has 19 heavy (non-hydrogen) atoms. The van der Waals surface area contributed by atoms with Gasteiger partial charge in [-0.3, -0.25) is 4.79 Å². The van der Waals surface area contributed by atoms with E-state index in [4.69, 9.17) is 4.74 Å². The number of benzene rings is 1. The van der Waals surface area contributed by atoms with Gasteiger partial charge in [-0.05, 0) is 25.1 Å². The van der Waals surface area contributed by atoms with Crippen molar-refractivity contribution in [3.63, 3.8) is 0 Å². The SMILES string of the molecule is CN1CCN(C(=O)[C@@H]2COc3ccccc3C2)CC1. The molecule has 1 fully saturated rings. The summed E-state index contributed by atoms with van der Waals surface area (Å²) in [6.45, 7) is 4.13. The molecule has 2 heterocycles. The molecule has 0 unspecified atom stereocenters. The minimum Gasteiger partial charge on any atom is -0.492 e. The highest BCUT2D eigenvalue weighted by atomic mass is 16.5. The van der Waals surface area contributed by atoms with Gasteiger partial charge < -0.3 is 14.5 Å². The number of para-hydroxylation sites is 1. The van der Waals surface area contributed by atoms with Gasteiger partial charge in [0.15, 0.2) is 0 Å². The maximum absolute atomic E-state index is 12.5. The largest absolute Gasteiger partial charge is 0.492 e. The van der Waals surface area contributed by atoms with Gasteiger partial charge in [-0.15, -0.1) is 0 Å². The minimum absolute atomic E-state index is 0.0155. The summed E-state index contributed by atoms with van der Waals surface area (Å²) >= 11 is 0. The van der Waals surface area contributed by atoms with Crippen LogP contribution in [0.4, 0.5) is 0 Å². The molecule has 4 heteroatoms. The molecule has 1 saturated heterocycles. The molecule has 1 atom stereocenters. The summed E-state index contributed by atoms with van der Waals surface area (Å²) in [5.41, 5.74) is 1.15. The molecule has 4 nitrogen and oxygen atoms in total. The molecule has 102 valence electrons. The normalized spacial score (nSPS) is 23.6. The van der Waals surface area contributed by atoms with Crippen molar-refractivity contribution < 1.29 is 9.53 Å². The molecule has 0 aromatic heterocycles. The molecule has 1 aromatic rings. The Kier molecular flexibility index (Phi) is 3.42. The first kappa shape index (κ1) is 12.5. The Morgan fingerprint density at radius 3 is 2.74 bits per heavy atom. The first-order chi connectivity index (χ1) is 9.24. The lowest BCUT2D eigenvalue weighted by molar-refractivity contribution is -0.138. The number of hydrogen-bond acceptors (Lipinski definition) is 3. The van der Waals surface area contributed by atoms with Gasteiger partial charge in [-0.1, -0.05) is 18.2 Å². The maximum Gasteiger partial charge on any atom is 0.229 e. The average molecular weight is 260 g/mol. The lowest BCUT2D eigenvalue weighted by atomic mass is 9.95. The quantitative estimate of drug-likeness (QED) is 0.755. The van der Waals surface area contributed by atoms with E-state index < -0.39 is 0 Å². The van der Waals surface area contributed by atoms with Crippen molar-refractivity contribution in [2.24, 2.45) is 5.92 Å². The molecule has 1 aromatic carbocycles. The summed E-state index contributed by atoms with van der Waals surface area (Å²) in [5, 5.41) is 0. The van der Waals surface area contributed by atoms with E-state index in [2.05, 4.69) is 18.0 Å². The van der Waals surface area contributed by atoms with Crippen molar-refractivity contribution in [2.45, 2.75) is 6.42 Å². The Balaban J connectivity index is 1.66. The zero-order valence-electron chi connectivity index (χ0n) is 11.3. The third kappa shape index (κ3) is 2.59. The second-order valence-electron chi connectivity index (χ2n) is 5.45. The van der Waals surface area contributed by atoms with Crippen LogP contribution in [0.5, 0.6) is 5.75 Å². The van der Waals surface area contributed by atoms with Gasteiger partial charge in [-0.2, -0.15) is 0 Å². The van der Waals surface area contributed by atoms with E-state index in [1.165, 1.54) is 0 Å². The maximum atomic E-state index is 12.5. The summed E-state index contributed by atoms with van der Waals surface area (Å²) in [4.78, 5) is 16.7. The number of likely N-dealkylation sites (N-methyl/N-ethyl adjacent to an activating group) is 1.